The fourth-order valence-electron chi connectivity index (χ4n) is 1.53. The maximum Gasteiger partial charge on any atom is 0.337 e. The lowest BCUT2D eigenvalue weighted by Crippen LogP contribution is -2.02. The Bertz CT molecular complexity index is 538. The lowest BCUT2D eigenvalue weighted by molar-refractivity contribution is 0.0697. The van der Waals surface area contributed by atoms with Crippen molar-refractivity contribution < 1.29 is 9.90 Å². The average molecular weight is 214 g/mol. The van der Waals surface area contributed by atoms with E-state index in [-0.39, 0.29) is 5.56 Å². The van der Waals surface area contributed by atoms with Gasteiger partial charge in [-0.15, -0.1) is 0 Å². The standard InChI is InChI=1S/C12H10N2O2/c1-8-7-13-6-4-9(8)11-10(12(15)16)3-2-5-14-11/h2-7H,1H3,(H,15,16). The zero-order valence-corrected chi connectivity index (χ0v) is 8.71. The Labute approximate surface area is 92.6 Å². The van der Waals surface area contributed by atoms with Crippen molar-refractivity contribution in [2.75, 3.05) is 0 Å². The highest BCUT2D eigenvalue weighted by Crippen LogP contribution is 2.23. The van der Waals surface area contributed by atoms with Gasteiger partial charge in [0, 0.05) is 24.2 Å². The van der Waals surface area contributed by atoms with Crippen LogP contribution in [-0.2, 0) is 0 Å². The van der Waals surface area contributed by atoms with Crippen molar-refractivity contribution in [3.8, 4) is 11.3 Å². The smallest absolute Gasteiger partial charge is 0.337 e. The first kappa shape index (κ1) is 10.3. The number of aromatic nitrogens is 2. The van der Waals surface area contributed by atoms with Crippen LogP contribution in [0, 0.1) is 6.92 Å². The maximum atomic E-state index is 11.1. The van der Waals surface area contributed by atoms with Crippen LogP contribution in [0.25, 0.3) is 11.3 Å². The van der Waals surface area contributed by atoms with Crippen LogP contribution in [0.4, 0.5) is 0 Å². The molecule has 2 aromatic heterocycles. The number of hydrogen-bond acceptors (Lipinski definition) is 3. The predicted molar refractivity (Wildman–Crippen MR) is 59.2 cm³/mol. The van der Waals surface area contributed by atoms with Crippen LogP contribution in [-0.4, -0.2) is 21.0 Å². The first-order chi connectivity index (χ1) is 7.70. The SMILES string of the molecule is Cc1cnccc1-c1ncccc1C(=O)O. The lowest BCUT2D eigenvalue weighted by atomic mass is 10.0. The number of pyridine rings is 2. The van der Waals surface area contributed by atoms with Crippen molar-refractivity contribution >= 4 is 5.97 Å². The second-order valence-electron chi connectivity index (χ2n) is 3.40. The number of hydrogen-bond donors (Lipinski definition) is 1. The Hall–Kier alpha value is -2.23. The van der Waals surface area contributed by atoms with E-state index in [0.29, 0.717) is 5.69 Å². The minimum atomic E-state index is -0.973. The molecule has 0 saturated heterocycles. The van der Waals surface area contributed by atoms with E-state index >= 15 is 0 Å². The summed E-state index contributed by atoms with van der Waals surface area (Å²) in [5.41, 5.74) is 2.39. The monoisotopic (exact) mass is 214 g/mol. The molecule has 0 spiro atoms. The normalized spacial score (nSPS) is 10.1. The second-order valence-corrected chi connectivity index (χ2v) is 3.40. The molecule has 1 N–H and O–H groups in total. The van der Waals surface area contributed by atoms with Gasteiger partial charge in [-0.1, -0.05) is 0 Å². The fourth-order valence-corrected chi connectivity index (χ4v) is 1.53. The third-order valence-corrected chi connectivity index (χ3v) is 2.31. The molecule has 0 aliphatic rings. The van der Waals surface area contributed by atoms with Crippen molar-refractivity contribution in [1.29, 1.82) is 0 Å². The van der Waals surface area contributed by atoms with Gasteiger partial charge in [0.1, 0.15) is 0 Å². The van der Waals surface area contributed by atoms with Gasteiger partial charge in [0.05, 0.1) is 11.3 Å². The minimum Gasteiger partial charge on any atom is -0.478 e. The molecule has 2 rings (SSSR count). The van der Waals surface area contributed by atoms with Crippen LogP contribution >= 0.6 is 0 Å². The molecular formula is C12H10N2O2. The summed E-state index contributed by atoms with van der Waals surface area (Å²) in [5.74, 6) is -0.973. The van der Waals surface area contributed by atoms with Gasteiger partial charge >= 0.3 is 5.97 Å². The molecule has 0 fully saturated rings. The van der Waals surface area contributed by atoms with E-state index in [1.165, 1.54) is 0 Å². The van der Waals surface area contributed by atoms with Gasteiger partial charge in [0.2, 0.25) is 0 Å². The van der Waals surface area contributed by atoms with E-state index in [4.69, 9.17) is 5.11 Å². The summed E-state index contributed by atoms with van der Waals surface area (Å²) in [4.78, 5) is 19.1. The molecule has 2 heterocycles. The summed E-state index contributed by atoms with van der Waals surface area (Å²) in [7, 11) is 0. The van der Waals surface area contributed by atoms with E-state index in [1.54, 1.807) is 36.8 Å². The number of carboxylic acids is 1. The molecule has 0 unspecified atom stereocenters. The Morgan fingerprint density at radius 2 is 2.12 bits per heavy atom. The quantitative estimate of drug-likeness (QED) is 0.831. The number of nitrogens with zero attached hydrogens (tertiary/aromatic N) is 2. The molecule has 4 heteroatoms. The zero-order chi connectivity index (χ0) is 11.5. The molecule has 0 aliphatic heterocycles. The van der Waals surface area contributed by atoms with Gasteiger partial charge in [0.15, 0.2) is 0 Å². The fraction of sp³-hybridized carbons (Fsp3) is 0.0833. The van der Waals surface area contributed by atoms with E-state index in [1.807, 2.05) is 6.92 Å². The predicted octanol–water partition coefficient (Wildman–Crippen LogP) is 2.15. The molecular weight excluding hydrogens is 204 g/mol. The van der Waals surface area contributed by atoms with Crippen molar-refractivity contribution in [1.82, 2.24) is 9.97 Å². The molecule has 0 saturated carbocycles. The molecule has 0 amide bonds. The molecule has 2 aromatic rings. The van der Waals surface area contributed by atoms with Crippen molar-refractivity contribution in [3.05, 3.63) is 47.9 Å². The van der Waals surface area contributed by atoms with Crippen LogP contribution in [0.1, 0.15) is 15.9 Å². The molecule has 0 atom stereocenters. The third-order valence-electron chi connectivity index (χ3n) is 2.31. The van der Waals surface area contributed by atoms with Gasteiger partial charge in [-0.3, -0.25) is 9.97 Å². The topological polar surface area (TPSA) is 63.1 Å². The van der Waals surface area contributed by atoms with E-state index in [2.05, 4.69) is 9.97 Å². The van der Waals surface area contributed by atoms with Gasteiger partial charge < -0.3 is 5.11 Å². The Morgan fingerprint density at radius 1 is 1.31 bits per heavy atom. The molecule has 4 nitrogen and oxygen atoms in total. The van der Waals surface area contributed by atoms with Crippen LogP contribution in [0.15, 0.2) is 36.8 Å². The number of carboxylic acid groups (broad SMARTS) is 1. The lowest BCUT2D eigenvalue weighted by Gasteiger charge is -2.06. The van der Waals surface area contributed by atoms with Crippen LogP contribution in [0.3, 0.4) is 0 Å². The summed E-state index contributed by atoms with van der Waals surface area (Å²) in [6, 6.07) is 4.93. The van der Waals surface area contributed by atoms with Crippen LogP contribution in [0.2, 0.25) is 0 Å². The number of aryl methyl sites for hydroxylation is 1. The second kappa shape index (κ2) is 4.10. The molecule has 80 valence electrons. The number of carbonyl (C=O) groups is 1. The molecule has 0 aliphatic carbocycles. The number of aromatic carboxylic acids is 1. The first-order valence-corrected chi connectivity index (χ1v) is 4.79. The number of rotatable bonds is 2. The van der Waals surface area contributed by atoms with Crippen LogP contribution in [0.5, 0.6) is 0 Å². The summed E-state index contributed by atoms with van der Waals surface area (Å²) in [5, 5.41) is 9.06. The average Bonchev–Trinajstić information content (AvgIpc) is 2.29. The van der Waals surface area contributed by atoms with Gasteiger partial charge in [-0.25, -0.2) is 4.79 Å². The first-order valence-electron chi connectivity index (χ1n) is 4.79. The summed E-state index contributed by atoms with van der Waals surface area (Å²) in [6.07, 6.45) is 4.90. The summed E-state index contributed by atoms with van der Waals surface area (Å²) in [6.45, 7) is 1.88. The highest BCUT2D eigenvalue weighted by atomic mass is 16.4. The highest BCUT2D eigenvalue weighted by Gasteiger charge is 2.13. The van der Waals surface area contributed by atoms with E-state index in [0.717, 1.165) is 11.1 Å². The maximum absolute atomic E-state index is 11.1. The summed E-state index contributed by atoms with van der Waals surface area (Å²) >= 11 is 0. The molecule has 16 heavy (non-hydrogen) atoms. The molecule has 0 radical (unpaired) electrons. The van der Waals surface area contributed by atoms with E-state index < -0.39 is 5.97 Å². The Kier molecular flexibility index (Phi) is 2.64. The van der Waals surface area contributed by atoms with Gasteiger partial charge in [-0.05, 0) is 30.7 Å². The third kappa shape index (κ3) is 1.77. The zero-order valence-electron chi connectivity index (χ0n) is 8.71. The Morgan fingerprint density at radius 3 is 2.81 bits per heavy atom. The van der Waals surface area contributed by atoms with Crippen molar-refractivity contribution in [2.45, 2.75) is 6.92 Å². The minimum absolute atomic E-state index is 0.205. The summed E-state index contributed by atoms with van der Waals surface area (Å²) < 4.78 is 0. The van der Waals surface area contributed by atoms with Crippen molar-refractivity contribution in [3.63, 3.8) is 0 Å². The molecule has 0 bridgehead atoms. The molecule has 0 aromatic carbocycles. The van der Waals surface area contributed by atoms with Gasteiger partial charge in [-0.2, -0.15) is 0 Å². The largest absolute Gasteiger partial charge is 0.478 e. The van der Waals surface area contributed by atoms with Crippen molar-refractivity contribution in [2.24, 2.45) is 0 Å². The highest BCUT2D eigenvalue weighted by molar-refractivity contribution is 5.95. The van der Waals surface area contributed by atoms with Crippen LogP contribution < -0.4 is 0 Å². The van der Waals surface area contributed by atoms with Gasteiger partial charge in [0.25, 0.3) is 0 Å². The van der Waals surface area contributed by atoms with E-state index in [9.17, 15) is 4.79 Å². The Balaban J connectivity index is 2.65.